The standard InChI is InChI=1S/C16H23N5O3/c1-11(15-18-10-19-21(15)2)20-16(22)12-5-6-13(23-3)14(9-12)24-8-4-7-17/h5-6,9-11H,4,7-8,17H2,1-3H3,(H,20,22). The first-order chi connectivity index (χ1) is 11.6. The maximum absolute atomic E-state index is 12.5. The average Bonchev–Trinajstić information content (AvgIpc) is 3.01. The van der Waals surface area contributed by atoms with E-state index in [9.17, 15) is 4.79 Å². The average molecular weight is 333 g/mol. The summed E-state index contributed by atoms with van der Waals surface area (Å²) in [4.78, 5) is 16.6. The molecule has 1 aromatic carbocycles. The number of methoxy groups -OCH3 is 1. The van der Waals surface area contributed by atoms with Gasteiger partial charge in [0.2, 0.25) is 0 Å². The van der Waals surface area contributed by atoms with Gasteiger partial charge in [0, 0.05) is 12.6 Å². The Hall–Kier alpha value is -2.61. The van der Waals surface area contributed by atoms with Crippen LogP contribution in [0.1, 0.15) is 35.6 Å². The zero-order valence-electron chi connectivity index (χ0n) is 14.2. The number of aromatic nitrogens is 3. The molecule has 1 unspecified atom stereocenters. The molecule has 0 saturated heterocycles. The minimum absolute atomic E-state index is 0.225. The molecule has 0 spiro atoms. The molecule has 0 fully saturated rings. The van der Waals surface area contributed by atoms with Gasteiger partial charge in [-0.2, -0.15) is 5.10 Å². The molecule has 1 heterocycles. The molecule has 0 aliphatic heterocycles. The van der Waals surface area contributed by atoms with Crippen molar-refractivity contribution in [3.63, 3.8) is 0 Å². The molecule has 2 aromatic rings. The highest BCUT2D eigenvalue weighted by Crippen LogP contribution is 2.28. The van der Waals surface area contributed by atoms with Gasteiger partial charge < -0.3 is 20.5 Å². The molecule has 0 aliphatic rings. The maximum Gasteiger partial charge on any atom is 0.252 e. The van der Waals surface area contributed by atoms with E-state index in [-0.39, 0.29) is 11.9 Å². The molecule has 2 rings (SSSR count). The number of hydrogen-bond acceptors (Lipinski definition) is 6. The van der Waals surface area contributed by atoms with Crippen molar-refractivity contribution in [3.05, 3.63) is 35.9 Å². The fourth-order valence-electron chi connectivity index (χ4n) is 2.24. The smallest absolute Gasteiger partial charge is 0.252 e. The van der Waals surface area contributed by atoms with Crippen molar-refractivity contribution in [2.45, 2.75) is 19.4 Å². The van der Waals surface area contributed by atoms with Crippen molar-refractivity contribution in [2.75, 3.05) is 20.3 Å². The van der Waals surface area contributed by atoms with Gasteiger partial charge in [-0.3, -0.25) is 9.48 Å². The Balaban J connectivity index is 2.11. The highest BCUT2D eigenvalue weighted by Gasteiger charge is 2.17. The van der Waals surface area contributed by atoms with Gasteiger partial charge in [-0.15, -0.1) is 0 Å². The fraction of sp³-hybridized carbons (Fsp3) is 0.438. The third kappa shape index (κ3) is 4.23. The lowest BCUT2D eigenvalue weighted by molar-refractivity contribution is 0.0937. The number of carbonyl (C=O) groups excluding carboxylic acids is 1. The second-order valence-corrected chi connectivity index (χ2v) is 5.29. The van der Waals surface area contributed by atoms with Crippen LogP contribution in [0.25, 0.3) is 0 Å². The molecule has 24 heavy (non-hydrogen) atoms. The molecule has 130 valence electrons. The molecule has 0 aliphatic carbocycles. The van der Waals surface area contributed by atoms with Crippen LogP contribution < -0.4 is 20.5 Å². The van der Waals surface area contributed by atoms with Crippen LogP contribution in [0.4, 0.5) is 0 Å². The highest BCUT2D eigenvalue weighted by atomic mass is 16.5. The van der Waals surface area contributed by atoms with E-state index in [1.54, 1.807) is 37.0 Å². The van der Waals surface area contributed by atoms with Gasteiger partial charge in [0.1, 0.15) is 12.2 Å². The van der Waals surface area contributed by atoms with E-state index in [0.717, 1.165) is 6.42 Å². The molecule has 0 saturated carbocycles. The molecule has 1 amide bonds. The number of carbonyl (C=O) groups is 1. The Morgan fingerprint density at radius 3 is 2.83 bits per heavy atom. The predicted molar refractivity (Wildman–Crippen MR) is 89.0 cm³/mol. The lowest BCUT2D eigenvalue weighted by Gasteiger charge is -2.15. The second kappa shape index (κ2) is 8.30. The number of hydrogen-bond donors (Lipinski definition) is 2. The summed E-state index contributed by atoms with van der Waals surface area (Å²) in [5.41, 5.74) is 5.95. The number of benzene rings is 1. The van der Waals surface area contributed by atoms with Crippen LogP contribution in [0.15, 0.2) is 24.5 Å². The third-order valence-electron chi connectivity index (χ3n) is 3.51. The molecule has 3 N–H and O–H groups in total. The van der Waals surface area contributed by atoms with E-state index in [1.165, 1.54) is 6.33 Å². The molecule has 1 aromatic heterocycles. The summed E-state index contributed by atoms with van der Waals surface area (Å²) in [6.07, 6.45) is 2.18. The zero-order chi connectivity index (χ0) is 17.5. The normalized spacial score (nSPS) is 11.8. The topological polar surface area (TPSA) is 104 Å². The molecule has 8 nitrogen and oxygen atoms in total. The fourth-order valence-corrected chi connectivity index (χ4v) is 2.24. The van der Waals surface area contributed by atoms with Crippen molar-refractivity contribution in [1.82, 2.24) is 20.1 Å². The number of nitrogens with two attached hydrogens (primary N) is 1. The minimum atomic E-state index is -0.270. The predicted octanol–water partition coefficient (Wildman–Crippen LogP) is 1.04. The van der Waals surface area contributed by atoms with Gasteiger partial charge in [-0.1, -0.05) is 0 Å². The number of ether oxygens (including phenoxy) is 2. The van der Waals surface area contributed by atoms with Gasteiger partial charge >= 0.3 is 0 Å². The number of nitrogens with one attached hydrogen (secondary N) is 1. The van der Waals surface area contributed by atoms with E-state index >= 15 is 0 Å². The Bertz CT molecular complexity index is 686. The first-order valence-electron chi connectivity index (χ1n) is 7.72. The Morgan fingerprint density at radius 1 is 1.42 bits per heavy atom. The van der Waals surface area contributed by atoms with E-state index in [0.29, 0.717) is 36.0 Å². The van der Waals surface area contributed by atoms with Gasteiger partial charge in [0.15, 0.2) is 11.5 Å². The summed E-state index contributed by atoms with van der Waals surface area (Å²) in [5, 5.41) is 6.90. The van der Waals surface area contributed by atoms with Gasteiger partial charge in [0.25, 0.3) is 5.91 Å². The molecule has 1 atom stereocenters. The van der Waals surface area contributed by atoms with Crippen LogP contribution in [0.2, 0.25) is 0 Å². The van der Waals surface area contributed by atoms with Crippen molar-refractivity contribution >= 4 is 5.91 Å². The maximum atomic E-state index is 12.5. The van der Waals surface area contributed by atoms with Gasteiger partial charge in [-0.05, 0) is 38.1 Å². The SMILES string of the molecule is COc1ccc(C(=O)NC(C)c2ncnn2C)cc1OCCCN. The summed E-state index contributed by atoms with van der Waals surface area (Å²) in [5.74, 6) is 1.54. The van der Waals surface area contributed by atoms with Crippen LogP contribution in [0.3, 0.4) is 0 Å². The Kier molecular flexibility index (Phi) is 6.14. The molecule has 0 radical (unpaired) electrons. The van der Waals surface area contributed by atoms with E-state index in [2.05, 4.69) is 15.4 Å². The Morgan fingerprint density at radius 2 is 2.21 bits per heavy atom. The summed E-state index contributed by atoms with van der Waals surface area (Å²) in [6.45, 7) is 2.86. The molecule has 8 heteroatoms. The quantitative estimate of drug-likeness (QED) is 0.700. The minimum Gasteiger partial charge on any atom is -0.493 e. The number of aryl methyl sites for hydroxylation is 1. The van der Waals surface area contributed by atoms with E-state index < -0.39 is 0 Å². The highest BCUT2D eigenvalue weighted by molar-refractivity contribution is 5.95. The molecular weight excluding hydrogens is 310 g/mol. The van der Waals surface area contributed by atoms with Crippen molar-refractivity contribution in [3.8, 4) is 11.5 Å². The number of rotatable bonds is 8. The third-order valence-corrected chi connectivity index (χ3v) is 3.51. The van der Waals surface area contributed by atoms with E-state index in [4.69, 9.17) is 15.2 Å². The summed E-state index contributed by atoms with van der Waals surface area (Å²) in [6, 6.07) is 4.79. The van der Waals surface area contributed by atoms with Gasteiger partial charge in [-0.25, -0.2) is 4.98 Å². The molecular formula is C16H23N5O3. The molecule has 0 bridgehead atoms. The van der Waals surface area contributed by atoms with Crippen LogP contribution in [0, 0.1) is 0 Å². The van der Waals surface area contributed by atoms with Crippen LogP contribution >= 0.6 is 0 Å². The Labute approximate surface area is 141 Å². The monoisotopic (exact) mass is 333 g/mol. The largest absolute Gasteiger partial charge is 0.493 e. The lowest BCUT2D eigenvalue weighted by atomic mass is 10.1. The van der Waals surface area contributed by atoms with Crippen LogP contribution in [-0.2, 0) is 7.05 Å². The van der Waals surface area contributed by atoms with Crippen molar-refractivity contribution in [2.24, 2.45) is 12.8 Å². The summed E-state index contributed by atoms with van der Waals surface area (Å²) in [7, 11) is 3.34. The lowest BCUT2D eigenvalue weighted by Crippen LogP contribution is -2.28. The second-order valence-electron chi connectivity index (χ2n) is 5.29. The number of amides is 1. The van der Waals surface area contributed by atoms with E-state index in [1.807, 2.05) is 6.92 Å². The van der Waals surface area contributed by atoms with Gasteiger partial charge in [0.05, 0.1) is 19.8 Å². The van der Waals surface area contributed by atoms with Crippen molar-refractivity contribution < 1.29 is 14.3 Å². The van der Waals surface area contributed by atoms with Crippen molar-refractivity contribution in [1.29, 1.82) is 0 Å². The zero-order valence-corrected chi connectivity index (χ0v) is 14.2. The summed E-state index contributed by atoms with van der Waals surface area (Å²) >= 11 is 0. The van der Waals surface area contributed by atoms with Crippen LogP contribution in [0.5, 0.6) is 11.5 Å². The first-order valence-corrected chi connectivity index (χ1v) is 7.72. The summed E-state index contributed by atoms with van der Waals surface area (Å²) < 4.78 is 12.5. The van der Waals surface area contributed by atoms with Crippen LogP contribution in [-0.4, -0.2) is 40.9 Å². The first kappa shape index (κ1) is 17.7. The number of nitrogens with zero attached hydrogens (tertiary/aromatic N) is 3.